The minimum Gasteiger partial charge on any atom is -0.310 e. The van der Waals surface area contributed by atoms with Gasteiger partial charge in [0.1, 0.15) is 5.82 Å². The van der Waals surface area contributed by atoms with Gasteiger partial charge < -0.3 is 5.32 Å². The van der Waals surface area contributed by atoms with Gasteiger partial charge in [0, 0.05) is 22.4 Å². The van der Waals surface area contributed by atoms with Crippen LogP contribution in [0.25, 0.3) is 0 Å². The lowest BCUT2D eigenvalue weighted by atomic mass is 9.99. The van der Waals surface area contributed by atoms with Gasteiger partial charge in [0.25, 0.3) is 0 Å². The van der Waals surface area contributed by atoms with E-state index in [1.54, 1.807) is 6.07 Å². The Morgan fingerprint density at radius 2 is 2.10 bits per heavy atom. The molecule has 0 saturated heterocycles. The Kier molecular flexibility index (Phi) is 5.26. The third-order valence-electron chi connectivity index (χ3n) is 3.22. The average Bonchev–Trinajstić information content (AvgIpc) is 2.43. The first-order chi connectivity index (χ1) is 9.60. The molecule has 1 unspecified atom stereocenters. The molecule has 0 bridgehead atoms. The van der Waals surface area contributed by atoms with Crippen LogP contribution >= 0.6 is 15.9 Å². The van der Waals surface area contributed by atoms with Crippen molar-refractivity contribution >= 4 is 15.9 Å². The van der Waals surface area contributed by atoms with Crippen LogP contribution in [0.4, 0.5) is 4.39 Å². The molecule has 0 aliphatic heterocycles. The minimum atomic E-state index is -0.170. The number of aromatic nitrogens is 1. The molecule has 0 spiro atoms. The summed E-state index contributed by atoms with van der Waals surface area (Å²) in [6.45, 7) is 4.83. The van der Waals surface area contributed by atoms with E-state index in [-0.39, 0.29) is 11.9 Å². The molecular weight excluding hydrogens is 319 g/mol. The lowest BCUT2D eigenvalue weighted by Crippen LogP contribution is -2.23. The highest BCUT2D eigenvalue weighted by molar-refractivity contribution is 9.10. The summed E-state index contributed by atoms with van der Waals surface area (Å²) in [5.41, 5.74) is 2.76. The zero-order chi connectivity index (χ0) is 14.5. The number of hydrogen-bond acceptors (Lipinski definition) is 2. The lowest BCUT2D eigenvalue weighted by Gasteiger charge is -2.19. The Morgan fingerprint density at radius 3 is 2.75 bits per heavy atom. The number of benzene rings is 1. The maximum absolute atomic E-state index is 13.9. The summed E-state index contributed by atoms with van der Waals surface area (Å²) in [6, 6.07) is 9.14. The summed E-state index contributed by atoms with van der Waals surface area (Å²) in [5.74, 6) is -0.170. The van der Waals surface area contributed by atoms with Crippen molar-refractivity contribution in [1.29, 1.82) is 0 Å². The van der Waals surface area contributed by atoms with Crippen molar-refractivity contribution in [2.24, 2.45) is 0 Å². The van der Waals surface area contributed by atoms with Gasteiger partial charge in [0.2, 0.25) is 0 Å². The van der Waals surface area contributed by atoms with Crippen LogP contribution in [-0.4, -0.2) is 11.5 Å². The van der Waals surface area contributed by atoms with Crippen LogP contribution in [0.1, 0.15) is 29.8 Å². The van der Waals surface area contributed by atoms with Gasteiger partial charge in [-0.2, -0.15) is 0 Å². The SMILES string of the molecule is CCNC(Cc1cc(Br)ccc1F)c1ccc(C)nc1. The van der Waals surface area contributed by atoms with Crippen LogP contribution < -0.4 is 5.32 Å². The molecule has 2 aromatic rings. The normalized spacial score (nSPS) is 12.4. The summed E-state index contributed by atoms with van der Waals surface area (Å²) in [6.07, 6.45) is 2.46. The van der Waals surface area contributed by atoms with Crippen molar-refractivity contribution in [1.82, 2.24) is 10.3 Å². The summed E-state index contributed by atoms with van der Waals surface area (Å²) in [5, 5.41) is 3.39. The van der Waals surface area contributed by atoms with Gasteiger partial charge in [-0.1, -0.05) is 28.9 Å². The predicted octanol–water partition coefficient (Wildman–Crippen LogP) is 4.18. The first-order valence-electron chi connectivity index (χ1n) is 6.70. The van der Waals surface area contributed by atoms with Gasteiger partial charge in [-0.3, -0.25) is 4.98 Å². The standard InChI is InChI=1S/C16H18BrFN2/c1-3-19-16(12-5-4-11(2)20-10-12)9-13-8-14(17)6-7-15(13)18/h4-8,10,16,19H,3,9H2,1-2H3. The Balaban J connectivity index is 2.25. The highest BCUT2D eigenvalue weighted by Gasteiger charge is 2.14. The molecule has 0 amide bonds. The number of nitrogens with zero attached hydrogens (tertiary/aromatic N) is 1. The molecule has 0 aliphatic carbocycles. The Labute approximate surface area is 127 Å². The molecule has 1 aromatic carbocycles. The van der Waals surface area contributed by atoms with E-state index in [4.69, 9.17) is 0 Å². The number of pyridine rings is 1. The summed E-state index contributed by atoms with van der Waals surface area (Å²) in [4.78, 5) is 4.32. The van der Waals surface area contributed by atoms with Crippen molar-refractivity contribution in [3.63, 3.8) is 0 Å². The molecule has 1 atom stereocenters. The minimum absolute atomic E-state index is 0.0666. The summed E-state index contributed by atoms with van der Waals surface area (Å²) < 4.78 is 14.8. The van der Waals surface area contributed by atoms with E-state index in [0.29, 0.717) is 12.0 Å². The zero-order valence-corrected chi connectivity index (χ0v) is 13.2. The Hall–Kier alpha value is -1.26. The number of rotatable bonds is 5. The maximum atomic E-state index is 13.9. The zero-order valence-electron chi connectivity index (χ0n) is 11.7. The van der Waals surface area contributed by atoms with E-state index in [0.717, 1.165) is 22.3 Å². The fraction of sp³-hybridized carbons (Fsp3) is 0.312. The molecule has 1 heterocycles. The van der Waals surface area contributed by atoms with Crippen LogP contribution in [0.5, 0.6) is 0 Å². The van der Waals surface area contributed by atoms with Gasteiger partial charge >= 0.3 is 0 Å². The van der Waals surface area contributed by atoms with Gasteiger partial charge in [0.15, 0.2) is 0 Å². The second-order valence-electron chi connectivity index (χ2n) is 4.78. The smallest absolute Gasteiger partial charge is 0.126 e. The maximum Gasteiger partial charge on any atom is 0.126 e. The van der Waals surface area contributed by atoms with Crippen LogP contribution in [0.15, 0.2) is 41.0 Å². The third-order valence-corrected chi connectivity index (χ3v) is 3.71. The number of likely N-dealkylation sites (N-methyl/N-ethyl adjacent to an activating group) is 1. The van der Waals surface area contributed by atoms with Crippen molar-refractivity contribution in [2.45, 2.75) is 26.3 Å². The fourth-order valence-electron chi connectivity index (χ4n) is 2.16. The van der Waals surface area contributed by atoms with Gasteiger partial charge in [-0.15, -0.1) is 0 Å². The number of aryl methyl sites for hydroxylation is 1. The van der Waals surface area contributed by atoms with Gasteiger partial charge in [-0.25, -0.2) is 4.39 Å². The largest absolute Gasteiger partial charge is 0.310 e. The third kappa shape index (κ3) is 3.87. The van der Waals surface area contributed by atoms with E-state index >= 15 is 0 Å². The highest BCUT2D eigenvalue weighted by Crippen LogP contribution is 2.22. The molecule has 1 N–H and O–H groups in total. The van der Waals surface area contributed by atoms with Crippen LogP contribution in [0.2, 0.25) is 0 Å². The van der Waals surface area contributed by atoms with E-state index in [1.165, 1.54) is 6.07 Å². The Bertz CT molecular complexity index is 569. The van der Waals surface area contributed by atoms with Crippen molar-refractivity contribution in [2.75, 3.05) is 6.54 Å². The molecule has 2 nitrogen and oxygen atoms in total. The van der Waals surface area contributed by atoms with Gasteiger partial charge in [-0.05, 0) is 55.3 Å². The molecule has 1 aromatic heterocycles. The predicted molar refractivity (Wildman–Crippen MR) is 83.2 cm³/mol. The van der Waals surface area contributed by atoms with E-state index in [9.17, 15) is 4.39 Å². The molecule has 20 heavy (non-hydrogen) atoms. The van der Waals surface area contributed by atoms with Gasteiger partial charge in [0.05, 0.1) is 0 Å². The lowest BCUT2D eigenvalue weighted by molar-refractivity contribution is 0.526. The Morgan fingerprint density at radius 1 is 1.30 bits per heavy atom. The molecule has 106 valence electrons. The number of hydrogen-bond donors (Lipinski definition) is 1. The number of nitrogens with one attached hydrogen (secondary N) is 1. The topological polar surface area (TPSA) is 24.9 Å². The summed E-state index contributed by atoms with van der Waals surface area (Å²) in [7, 11) is 0. The van der Waals surface area contributed by atoms with E-state index in [2.05, 4.69) is 26.2 Å². The average molecular weight is 337 g/mol. The second-order valence-corrected chi connectivity index (χ2v) is 5.70. The number of halogens is 2. The molecule has 0 radical (unpaired) electrons. The van der Waals surface area contributed by atoms with E-state index < -0.39 is 0 Å². The highest BCUT2D eigenvalue weighted by atomic mass is 79.9. The molecule has 4 heteroatoms. The van der Waals surface area contributed by atoms with Crippen LogP contribution in [-0.2, 0) is 6.42 Å². The monoisotopic (exact) mass is 336 g/mol. The molecule has 0 aliphatic rings. The molecule has 0 saturated carbocycles. The molecular formula is C16H18BrFN2. The van der Waals surface area contributed by atoms with Crippen molar-refractivity contribution in [3.8, 4) is 0 Å². The van der Waals surface area contributed by atoms with Crippen molar-refractivity contribution < 1.29 is 4.39 Å². The van der Waals surface area contributed by atoms with Crippen molar-refractivity contribution in [3.05, 3.63) is 63.6 Å². The first kappa shape index (κ1) is 15.1. The second kappa shape index (κ2) is 6.95. The quantitative estimate of drug-likeness (QED) is 0.885. The van der Waals surface area contributed by atoms with E-state index in [1.807, 2.05) is 38.2 Å². The fourth-order valence-corrected chi connectivity index (χ4v) is 2.57. The molecule has 0 fully saturated rings. The van der Waals surface area contributed by atoms with Crippen LogP contribution in [0, 0.1) is 12.7 Å². The van der Waals surface area contributed by atoms with Crippen LogP contribution in [0.3, 0.4) is 0 Å². The molecule has 2 rings (SSSR count). The summed E-state index contributed by atoms with van der Waals surface area (Å²) >= 11 is 3.39. The first-order valence-corrected chi connectivity index (χ1v) is 7.49.